The van der Waals surface area contributed by atoms with E-state index in [-0.39, 0.29) is 5.91 Å². The summed E-state index contributed by atoms with van der Waals surface area (Å²) < 4.78 is 11.3. The predicted octanol–water partition coefficient (Wildman–Crippen LogP) is 6.54. The number of carbonyl (C=O) groups excluding carboxylic acids is 1. The fourth-order valence-corrected chi connectivity index (χ4v) is 3.38. The minimum absolute atomic E-state index is 0.228. The first-order valence-electron chi connectivity index (χ1n) is 11.9. The number of carbonyl (C=O) groups is 1. The lowest BCUT2D eigenvalue weighted by Gasteiger charge is -2.11. The standard InChI is InChI=1S/C27H38N2O3/c1-4-6-8-9-10-11-19-32-25-18-15-23(20-26(25)31-3)21-28-29-27(30)24-16-13-22(14-17-24)12-7-5-2/h13-18,20-21H,4-12,19H2,1-3H3,(H,29,30)/b28-21+. The molecule has 0 saturated carbocycles. The van der Waals surface area contributed by atoms with Crippen LogP contribution in [0.1, 0.15) is 86.7 Å². The molecule has 0 spiro atoms. The smallest absolute Gasteiger partial charge is 0.271 e. The summed E-state index contributed by atoms with van der Waals surface area (Å²) in [5.74, 6) is 1.16. The molecular weight excluding hydrogens is 400 g/mol. The molecule has 0 fully saturated rings. The van der Waals surface area contributed by atoms with Gasteiger partial charge in [0.25, 0.3) is 5.91 Å². The van der Waals surface area contributed by atoms with Crippen molar-refractivity contribution in [2.45, 2.75) is 71.6 Å². The molecule has 0 saturated heterocycles. The van der Waals surface area contributed by atoms with Crippen LogP contribution in [0.15, 0.2) is 47.6 Å². The van der Waals surface area contributed by atoms with Gasteiger partial charge in [-0.2, -0.15) is 5.10 Å². The van der Waals surface area contributed by atoms with Crippen molar-refractivity contribution < 1.29 is 14.3 Å². The number of aryl methyl sites for hydroxylation is 1. The van der Waals surface area contributed by atoms with E-state index in [4.69, 9.17) is 9.47 Å². The summed E-state index contributed by atoms with van der Waals surface area (Å²) in [4.78, 5) is 12.3. The Kier molecular flexibility index (Phi) is 12.0. The van der Waals surface area contributed by atoms with Gasteiger partial charge in [0.05, 0.1) is 19.9 Å². The molecule has 0 aliphatic rings. The molecule has 1 N–H and O–H groups in total. The van der Waals surface area contributed by atoms with Gasteiger partial charge in [-0.15, -0.1) is 0 Å². The number of benzene rings is 2. The zero-order valence-electron chi connectivity index (χ0n) is 19.9. The molecule has 0 unspecified atom stereocenters. The number of hydrazone groups is 1. The minimum atomic E-state index is -0.228. The summed E-state index contributed by atoms with van der Waals surface area (Å²) in [5, 5.41) is 4.09. The molecule has 0 atom stereocenters. The van der Waals surface area contributed by atoms with Crippen LogP contribution in [-0.4, -0.2) is 25.8 Å². The number of ether oxygens (including phenoxy) is 2. The fraction of sp³-hybridized carbons (Fsp3) is 0.481. The molecule has 0 aromatic heterocycles. The highest BCUT2D eigenvalue weighted by Gasteiger charge is 2.06. The van der Waals surface area contributed by atoms with Crippen LogP contribution in [0.3, 0.4) is 0 Å². The van der Waals surface area contributed by atoms with E-state index >= 15 is 0 Å². The van der Waals surface area contributed by atoms with Gasteiger partial charge in [0, 0.05) is 5.56 Å². The molecule has 32 heavy (non-hydrogen) atoms. The van der Waals surface area contributed by atoms with Crippen molar-refractivity contribution in [1.29, 1.82) is 0 Å². The molecule has 2 aromatic rings. The first-order chi connectivity index (χ1) is 15.7. The van der Waals surface area contributed by atoms with Gasteiger partial charge < -0.3 is 9.47 Å². The molecule has 0 bridgehead atoms. The minimum Gasteiger partial charge on any atom is -0.493 e. The van der Waals surface area contributed by atoms with Crippen molar-refractivity contribution in [2.24, 2.45) is 5.10 Å². The lowest BCUT2D eigenvalue weighted by atomic mass is 10.1. The first-order valence-corrected chi connectivity index (χ1v) is 11.9. The van der Waals surface area contributed by atoms with Crippen molar-refractivity contribution in [3.8, 4) is 11.5 Å². The number of hydrogen-bond acceptors (Lipinski definition) is 4. The summed E-state index contributed by atoms with van der Waals surface area (Å²) >= 11 is 0. The second kappa shape index (κ2) is 15.1. The molecule has 0 heterocycles. The Hall–Kier alpha value is -2.82. The molecule has 1 amide bonds. The number of amides is 1. The molecule has 5 nitrogen and oxygen atoms in total. The second-order valence-corrected chi connectivity index (χ2v) is 8.03. The molecule has 0 aliphatic carbocycles. The van der Waals surface area contributed by atoms with Gasteiger partial charge in [-0.25, -0.2) is 5.43 Å². The zero-order valence-corrected chi connectivity index (χ0v) is 19.9. The van der Waals surface area contributed by atoms with Gasteiger partial charge in [-0.1, -0.05) is 64.5 Å². The molecule has 5 heteroatoms. The normalized spacial score (nSPS) is 11.0. The van der Waals surface area contributed by atoms with Crippen LogP contribution >= 0.6 is 0 Å². The SMILES string of the molecule is CCCCCCCCOc1ccc(/C=N/NC(=O)c2ccc(CCCC)cc2)cc1OC. The molecule has 2 rings (SSSR count). The third-order valence-corrected chi connectivity index (χ3v) is 5.36. The molecule has 0 aliphatic heterocycles. The van der Waals surface area contributed by atoms with Gasteiger partial charge in [0.1, 0.15) is 0 Å². The average molecular weight is 439 g/mol. The second-order valence-electron chi connectivity index (χ2n) is 8.03. The van der Waals surface area contributed by atoms with Crippen molar-refractivity contribution in [3.05, 3.63) is 59.2 Å². The maximum absolute atomic E-state index is 12.3. The third kappa shape index (κ3) is 9.13. The van der Waals surface area contributed by atoms with E-state index < -0.39 is 0 Å². The van der Waals surface area contributed by atoms with E-state index in [2.05, 4.69) is 24.4 Å². The number of nitrogens with zero attached hydrogens (tertiary/aromatic N) is 1. The molecule has 0 radical (unpaired) electrons. The van der Waals surface area contributed by atoms with Crippen LogP contribution < -0.4 is 14.9 Å². The highest BCUT2D eigenvalue weighted by molar-refractivity contribution is 5.94. The highest BCUT2D eigenvalue weighted by atomic mass is 16.5. The van der Waals surface area contributed by atoms with Crippen molar-refractivity contribution in [3.63, 3.8) is 0 Å². The van der Waals surface area contributed by atoms with Crippen molar-refractivity contribution >= 4 is 12.1 Å². The summed E-state index contributed by atoms with van der Waals surface area (Å²) in [6, 6.07) is 13.3. The van der Waals surface area contributed by atoms with E-state index in [1.54, 1.807) is 13.3 Å². The van der Waals surface area contributed by atoms with Crippen LogP contribution in [0.25, 0.3) is 0 Å². The molecule has 2 aromatic carbocycles. The zero-order chi connectivity index (χ0) is 23.0. The van der Waals surface area contributed by atoms with E-state index in [9.17, 15) is 4.79 Å². The Morgan fingerprint density at radius 2 is 1.62 bits per heavy atom. The number of unbranched alkanes of at least 4 members (excludes halogenated alkanes) is 6. The quantitative estimate of drug-likeness (QED) is 0.195. The molecular formula is C27H38N2O3. The fourth-order valence-electron chi connectivity index (χ4n) is 3.38. The Balaban J connectivity index is 1.82. The Bertz CT molecular complexity index is 831. The summed E-state index contributed by atoms with van der Waals surface area (Å²) in [5.41, 5.74) is 5.25. The van der Waals surface area contributed by atoms with E-state index in [1.807, 2.05) is 42.5 Å². The number of methoxy groups -OCH3 is 1. The lowest BCUT2D eigenvalue weighted by Crippen LogP contribution is -2.17. The van der Waals surface area contributed by atoms with Gasteiger partial charge in [-0.05, 0) is 60.7 Å². The summed E-state index contributed by atoms with van der Waals surface area (Å²) in [6.07, 6.45) is 12.3. The first kappa shape index (κ1) is 25.4. The predicted molar refractivity (Wildman–Crippen MR) is 132 cm³/mol. The Labute approximate surface area is 193 Å². The van der Waals surface area contributed by atoms with E-state index in [1.165, 1.54) is 37.7 Å². The number of hydrogen-bond donors (Lipinski definition) is 1. The average Bonchev–Trinajstić information content (AvgIpc) is 2.83. The summed E-state index contributed by atoms with van der Waals surface area (Å²) in [7, 11) is 1.62. The summed E-state index contributed by atoms with van der Waals surface area (Å²) in [6.45, 7) is 5.08. The van der Waals surface area contributed by atoms with Crippen LogP contribution in [-0.2, 0) is 6.42 Å². The number of nitrogens with one attached hydrogen (secondary N) is 1. The molecule has 174 valence electrons. The lowest BCUT2D eigenvalue weighted by molar-refractivity contribution is 0.0955. The van der Waals surface area contributed by atoms with Gasteiger partial charge in [-0.3, -0.25) is 4.79 Å². The topological polar surface area (TPSA) is 59.9 Å². The van der Waals surface area contributed by atoms with Gasteiger partial charge in [0.15, 0.2) is 11.5 Å². The maximum atomic E-state index is 12.3. The van der Waals surface area contributed by atoms with Crippen LogP contribution in [0.5, 0.6) is 11.5 Å². The van der Waals surface area contributed by atoms with Crippen LogP contribution in [0.2, 0.25) is 0 Å². The van der Waals surface area contributed by atoms with Crippen molar-refractivity contribution in [2.75, 3.05) is 13.7 Å². The maximum Gasteiger partial charge on any atom is 0.271 e. The van der Waals surface area contributed by atoms with E-state index in [0.717, 1.165) is 37.0 Å². The van der Waals surface area contributed by atoms with Crippen molar-refractivity contribution in [1.82, 2.24) is 5.43 Å². The highest BCUT2D eigenvalue weighted by Crippen LogP contribution is 2.27. The Morgan fingerprint density at radius 3 is 2.34 bits per heavy atom. The largest absolute Gasteiger partial charge is 0.493 e. The van der Waals surface area contributed by atoms with Gasteiger partial charge in [0.2, 0.25) is 0 Å². The number of rotatable bonds is 15. The van der Waals surface area contributed by atoms with Crippen LogP contribution in [0, 0.1) is 0 Å². The monoisotopic (exact) mass is 438 g/mol. The van der Waals surface area contributed by atoms with Gasteiger partial charge >= 0.3 is 0 Å². The Morgan fingerprint density at radius 1 is 0.906 bits per heavy atom. The van der Waals surface area contributed by atoms with E-state index in [0.29, 0.717) is 17.9 Å². The third-order valence-electron chi connectivity index (χ3n) is 5.36. The van der Waals surface area contributed by atoms with Crippen LogP contribution in [0.4, 0.5) is 0 Å².